The minimum absolute atomic E-state index is 0.209. The monoisotopic (exact) mass is 424 g/mol. The van der Waals surface area contributed by atoms with Crippen molar-refractivity contribution in [1.29, 1.82) is 5.26 Å². The van der Waals surface area contributed by atoms with Crippen molar-refractivity contribution in [3.63, 3.8) is 0 Å². The summed E-state index contributed by atoms with van der Waals surface area (Å²) in [7, 11) is 0. The standard InChI is InChI=1S/C21H15F3N6O/c1-12(31)27-16-7-5-13(6-8-16)18-20(30-19(29-18)14(10-25)11-26-30)28-17-4-2-3-15(9-17)21(22,23)24/h2-9,11,26,28H,1H3,(H,27,31). The molecule has 10 heteroatoms. The van der Waals surface area contributed by atoms with Gasteiger partial charge in [-0.05, 0) is 30.3 Å². The van der Waals surface area contributed by atoms with Crippen molar-refractivity contribution in [3.8, 4) is 17.3 Å². The predicted molar refractivity (Wildman–Crippen MR) is 109 cm³/mol. The number of carbonyl (C=O) groups excluding carboxylic acids is 1. The molecule has 0 saturated carbocycles. The molecule has 2 aromatic carbocycles. The number of alkyl halides is 3. The maximum Gasteiger partial charge on any atom is 0.416 e. The van der Waals surface area contributed by atoms with Gasteiger partial charge < -0.3 is 10.6 Å². The summed E-state index contributed by atoms with van der Waals surface area (Å²) >= 11 is 0. The number of hydrogen-bond acceptors (Lipinski definition) is 4. The Hall–Kier alpha value is -4.26. The van der Waals surface area contributed by atoms with Gasteiger partial charge in [0.25, 0.3) is 0 Å². The molecule has 0 bridgehead atoms. The van der Waals surface area contributed by atoms with Crippen LogP contribution in [0, 0.1) is 11.3 Å². The number of H-pyrrole nitrogens is 1. The molecule has 1 amide bonds. The number of anilines is 3. The van der Waals surface area contributed by atoms with E-state index in [0.29, 0.717) is 28.4 Å². The Labute approximate surface area is 174 Å². The lowest BCUT2D eigenvalue weighted by Crippen LogP contribution is -2.06. The third-order valence-corrected chi connectivity index (χ3v) is 4.51. The summed E-state index contributed by atoms with van der Waals surface area (Å²) in [6, 6.07) is 13.6. The number of rotatable bonds is 4. The fourth-order valence-corrected chi connectivity index (χ4v) is 3.14. The normalized spacial score (nSPS) is 11.3. The molecule has 3 N–H and O–H groups in total. The number of benzene rings is 2. The summed E-state index contributed by atoms with van der Waals surface area (Å²) in [6.07, 6.45) is -3.02. The molecule has 31 heavy (non-hydrogen) atoms. The van der Waals surface area contributed by atoms with Gasteiger partial charge in [-0.25, -0.2) is 9.50 Å². The van der Waals surface area contributed by atoms with Crippen LogP contribution in [-0.4, -0.2) is 20.5 Å². The Morgan fingerprint density at radius 1 is 1.16 bits per heavy atom. The third-order valence-electron chi connectivity index (χ3n) is 4.51. The predicted octanol–water partition coefficient (Wildman–Crippen LogP) is 4.92. The molecule has 0 atom stereocenters. The molecule has 0 radical (unpaired) electrons. The number of amides is 1. The van der Waals surface area contributed by atoms with E-state index in [9.17, 15) is 23.2 Å². The molecule has 0 saturated heterocycles. The molecule has 7 nitrogen and oxygen atoms in total. The molecule has 0 aliphatic rings. The third kappa shape index (κ3) is 3.93. The molecule has 4 rings (SSSR count). The number of nitrogens with zero attached hydrogens (tertiary/aromatic N) is 3. The number of nitriles is 1. The molecule has 0 unspecified atom stereocenters. The van der Waals surface area contributed by atoms with Crippen LogP contribution in [0.5, 0.6) is 0 Å². The Bertz CT molecular complexity index is 1310. The van der Waals surface area contributed by atoms with Gasteiger partial charge in [0.15, 0.2) is 11.5 Å². The van der Waals surface area contributed by atoms with Crippen molar-refractivity contribution in [1.82, 2.24) is 14.6 Å². The maximum absolute atomic E-state index is 13.1. The summed E-state index contributed by atoms with van der Waals surface area (Å²) in [5, 5.41) is 17.9. The molecule has 0 spiro atoms. The fraction of sp³-hybridized carbons (Fsp3) is 0.0952. The number of nitrogens with one attached hydrogen (secondary N) is 3. The van der Waals surface area contributed by atoms with Gasteiger partial charge in [0.1, 0.15) is 17.3 Å². The largest absolute Gasteiger partial charge is 0.416 e. The van der Waals surface area contributed by atoms with Crippen LogP contribution in [0.1, 0.15) is 18.1 Å². The topological polar surface area (TPSA) is 98.0 Å². The van der Waals surface area contributed by atoms with Crippen LogP contribution in [0.2, 0.25) is 0 Å². The summed E-state index contributed by atoms with van der Waals surface area (Å²) < 4.78 is 40.8. The van der Waals surface area contributed by atoms with Gasteiger partial charge in [-0.15, -0.1) is 0 Å². The first kappa shape index (κ1) is 20.0. The van der Waals surface area contributed by atoms with Gasteiger partial charge in [-0.2, -0.15) is 18.4 Å². The lowest BCUT2D eigenvalue weighted by Gasteiger charge is -2.11. The van der Waals surface area contributed by atoms with Crippen LogP contribution >= 0.6 is 0 Å². The van der Waals surface area contributed by atoms with Crippen LogP contribution in [0.15, 0.2) is 54.7 Å². The molecule has 4 aromatic rings. The molecule has 0 aliphatic carbocycles. The minimum Gasteiger partial charge on any atom is -0.338 e. The highest BCUT2D eigenvalue weighted by molar-refractivity contribution is 5.89. The van der Waals surface area contributed by atoms with E-state index in [1.807, 2.05) is 6.07 Å². The molecular weight excluding hydrogens is 409 g/mol. The van der Waals surface area contributed by atoms with Gasteiger partial charge in [0.05, 0.1) is 5.56 Å². The smallest absolute Gasteiger partial charge is 0.338 e. The van der Waals surface area contributed by atoms with E-state index in [-0.39, 0.29) is 17.2 Å². The van der Waals surface area contributed by atoms with Crippen molar-refractivity contribution in [3.05, 3.63) is 65.9 Å². The van der Waals surface area contributed by atoms with E-state index >= 15 is 0 Å². The van der Waals surface area contributed by atoms with E-state index in [1.165, 1.54) is 29.8 Å². The molecule has 0 fully saturated rings. The fourth-order valence-electron chi connectivity index (χ4n) is 3.14. The summed E-state index contributed by atoms with van der Waals surface area (Å²) in [4.78, 5) is 15.7. The first-order valence-corrected chi connectivity index (χ1v) is 9.08. The summed E-state index contributed by atoms with van der Waals surface area (Å²) in [5.41, 5.74) is 1.70. The zero-order chi connectivity index (χ0) is 22.2. The molecule has 156 valence electrons. The number of aromatic nitrogens is 3. The number of aromatic amines is 1. The average Bonchev–Trinajstić information content (AvgIpc) is 3.28. The number of imidazole rings is 1. The Morgan fingerprint density at radius 2 is 1.90 bits per heavy atom. The number of hydrogen-bond donors (Lipinski definition) is 3. The van der Waals surface area contributed by atoms with E-state index in [0.717, 1.165) is 12.1 Å². The number of carbonyl (C=O) groups is 1. The molecule has 2 aromatic heterocycles. The minimum atomic E-state index is -4.48. The van der Waals surface area contributed by atoms with E-state index in [2.05, 4.69) is 20.7 Å². The quantitative estimate of drug-likeness (QED) is 0.433. The van der Waals surface area contributed by atoms with Gasteiger partial charge in [-0.3, -0.25) is 9.89 Å². The van der Waals surface area contributed by atoms with Crippen molar-refractivity contribution in [2.75, 3.05) is 10.6 Å². The van der Waals surface area contributed by atoms with Crippen LogP contribution in [0.4, 0.5) is 30.4 Å². The average molecular weight is 424 g/mol. The number of halogens is 3. The highest BCUT2D eigenvalue weighted by Crippen LogP contribution is 2.35. The van der Waals surface area contributed by atoms with Crippen molar-refractivity contribution < 1.29 is 18.0 Å². The zero-order valence-corrected chi connectivity index (χ0v) is 16.1. The highest BCUT2D eigenvalue weighted by atomic mass is 19.4. The second-order valence-corrected chi connectivity index (χ2v) is 6.73. The summed E-state index contributed by atoms with van der Waals surface area (Å²) in [6.45, 7) is 1.40. The van der Waals surface area contributed by atoms with Gasteiger partial charge >= 0.3 is 6.18 Å². The second-order valence-electron chi connectivity index (χ2n) is 6.73. The van der Waals surface area contributed by atoms with Crippen molar-refractivity contribution in [2.24, 2.45) is 0 Å². The second kappa shape index (κ2) is 7.53. The molecule has 0 aliphatic heterocycles. The summed E-state index contributed by atoms with van der Waals surface area (Å²) in [5.74, 6) is 0.150. The van der Waals surface area contributed by atoms with Crippen molar-refractivity contribution in [2.45, 2.75) is 13.1 Å². The van der Waals surface area contributed by atoms with E-state index in [4.69, 9.17) is 0 Å². The SMILES string of the molecule is CC(=O)Nc1ccc(-c2nc3c(C#N)c[nH]n3c2Nc2cccc(C(F)(F)F)c2)cc1. The molecule has 2 heterocycles. The lowest BCUT2D eigenvalue weighted by atomic mass is 10.1. The van der Waals surface area contributed by atoms with Crippen LogP contribution in [-0.2, 0) is 11.0 Å². The van der Waals surface area contributed by atoms with Gasteiger partial charge in [0, 0.05) is 30.1 Å². The zero-order valence-electron chi connectivity index (χ0n) is 16.1. The maximum atomic E-state index is 13.1. The first-order valence-electron chi connectivity index (χ1n) is 9.08. The Morgan fingerprint density at radius 3 is 2.55 bits per heavy atom. The Kier molecular flexibility index (Phi) is 4.87. The first-order chi connectivity index (χ1) is 14.8. The van der Waals surface area contributed by atoms with E-state index < -0.39 is 11.7 Å². The lowest BCUT2D eigenvalue weighted by molar-refractivity contribution is -0.137. The van der Waals surface area contributed by atoms with Crippen LogP contribution in [0.3, 0.4) is 0 Å². The van der Waals surface area contributed by atoms with Crippen molar-refractivity contribution >= 4 is 28.7 Å². The van der Waals surface area contributed by atoms with E-state index in [1.54, 1.807) is 24.3 Å². The van der Waals surface area contributed by atoms with Crippen LogP contribution in [0.25, 0.3) is 16.9 Å². The van der Waals surface area contributed by atoms with Crippen LogP contribution < -0.4 is 10.6 Å². The Balaban J connectivity index is 1.80. The highest BCUT2D eigenvalue weighted by Gasteiger charge is 2.30. The molecular formula is C21H15F3N6O. The van der Waals surface area contributed by atoms with Gasteiger partial charge in [-0.1, -0.05) is 18.2 Å². The van der Waals surface area contributed by atoms with Gasteiger partial charge in [0.2, 0.25) is 5.91 Å². The number of fused-ring (bicyclic) bond motifs is 1.